The van der Waals surface area contributed by atoms with Crippen molar-refractivity contribution < 1.29 is 22.7 Å². The third-order valence-electron chi connectivity index (χ3n) is 6.67. The van der Waals surface area contributed by atoms with Crippen LogP contribution in [0.2, 0.25) is 0 Å². The van der Waals surface area contributed by atoms with Crippen molar-refractivity contribution in [3.05, 3.63) is 53.1 Å². The number of nitrogens with one attached hydrogen (secondary N) is 1. The van der Waals surface area contributed by atoms with Gasteiger partial charge in [-0.25, -0.2) is 23.1 Å². The number of alkyl halides is 2. The molecule has 0 aliphatic carbocycles. The maximum atomic E-state index is 14.8. The number of piperazine rings is 1. The number of hydrogen-bond donors (Lipinski definition) is 1. The first kappa shape index (κ1) is 23.2. The van der Waals surface area contributed by atoms with Crippen LogP contribution in [0.4, 0.5) is 24.7 Å². The molecule has 1 fully saturated rings. The lowest BCUT2D eigenvalue weighted by atomic mass is 10.0. The van der Waals surface area contributed by atoms with Gasteiger partial charge >= 0.3 is 0 Å². The number of halogens is 3. The van der Waals surface area contributed by atoms with E-state index in [1.807, 2.05) is 17.0 Å². The Morgan fingerprint density at radius 1 is 1.20 bits per heavy atom. The zero-order valence-electron chi connectivity index (χ0n) is 19.7. The van der Waals surface area contributed by atoms with Gasteiger partial charge in [-0.1, -0.05) is 18.2 Å². The SMILES string of the molecule is CC(=O)N1CCN2c3cc4c(N[C@H](C)c5cccc(C(F)F)c5F)nc(C)nc4cc3OC[C@@H]2C1. The van der Waals surface area contributed by atoms with Crippen LogP contribution in [0.3, 0.4) is 0 Å². The molecule has 10 heteroatoms. The summed E-state index contributed by atoms with van der Waals surface area (Å²) >= 11 is 0. The highest BCUT2D eigenvalue weighted by molar-refractivity contribution is 5.94. The Balaban J connectivity index is 1.51. The van der Waals surface area contributed by atoms with E-state index in [4.69, 9.17) is 4.74 Å². The van der Waals surface area contributed by atoms with Gasteiger partial charge in [0.15, 0.2) is 0 Å². The number of carbonyl (C=O) groups is 1. The summed E-state index contributed by atoms with van der Waals surface area (Å²) in [6, 6.07) is 7.23. The van der Waals surface area contributed by atoms with E-state index in [1.165, 1.54) is 12.1 Å². The van der Waals surface area contributed by atoms with Crippen molar-refractivity contribution in [2.24, 2.45) is 0 Å². The number of rotatable bonds is 4. The largest absolute Gasteiger partial charge is 0.489 e. The molecule has 0 spiro atoms. The number of nitrogens with zero attached hydrogens (tertiary/aromatic N) is 4. The van der Waals surface area contributed by atoms with Crippen LogP contribution < -0.4 is 15.0 Å². The van der Waals surface area contributed by atoms with E-state index in [-0.39, 0.29) is 17.5 Å². The molecule has 0 unspecified atom stereocenters. The van der Waals surface area contributed by atoms with Crippen molar-refractivity contribution in [2.45, 2.75) is 39.3 Å². The molecular formula is C25H26F3N5O2. The first-order chi connectivity index (χ1) is 16.7. The number of amides is 1. The molecule has 2 aliphatic rings. The smallest absolute Gasteiger partial charge is 0.266 e. The van der Waals surface area contributed by atoms with Gasteiger partial charge in [0.25, 0.3) is 6.43 Å². The van der Waals surface area contributed by atoms with Crippen molar-refractivity contribution in [1.29, 1.82) is 0 Å². The Kier molecular flexibility index (Phi) is 5.90. The molecule has 1 saturated heterocycles. The molecule has 35 heavy (non-hydrogen) atoms. The minimum atomic E-state index is -2.90. The molecule has 0 radical (unpaired) electrons. The van der Waals surface area contributed by atoms with Gasteiger partial charge in [-0.05, 0) is 19.9 Å². The predicted molar refractivity (Wildman–Crippen MR) is 127 cm³/mol. The lowest BCUT2D eigenvalue weighted by Gasteiger charge is -2.45. The summed E-state index contributed by atoms with van der Waals surface area (Å²) in [5.74, 6) is 0.820. The fourth-order valence-corrected chi connectivity index (χ4v) is 4.85. The van der Waals surface area contributed by atoms with Crippen LogP contribution in [0.25, 0.3) is 10.9 Å². The van der Waals surface area contributed by atoms with Gasteiger partial charge in [-0.3, -0.25) is 4.79 Å². The van der Waals surface area contributed by atoms with E-state index < -0.39 is 23.8 Å². The second kappa shape index (κ2) is 8.90. The molecule has 2 aromatic carbocycles. The Morgan fingerprint density at radius 2 is 1.97 bits per heavy atom. The van der Waals surface area contributed by atoms with Crippen LogP contribution in [-0.4, -0.2) is 53.1 Å². The average molecular weight is 486 g/mol. The van der Waals surface area contributed by atoms with E-state index in [0.717, 1.165) is 11.8 Å². The molecule has 1 amide bonds. The van der Waals surface area contributed by atoms with Crippen molar-refractivity contribution >= 4 is 28.3 Å². The molecular weight excluding hydrogens is 459 g/mol. The summed E-state index contributed by atoms with van der Waals surface area (Å²) < 4.78 is 47.2. The maximum Gasteiger partial charge on any atom is 0.266 e. The summed E-state index contributed by atoms with van der Waals surface area (Å²) in [7, 11) is 0. The van der Waals surface area contributed by atoms with Crippen molar-refractivity contribution in [2.75, 3.05) is 36.5 Å². The minimum absolute atomic E-state index is 0.0329. The molecule has 0 bridgehead atoms. The van der Waals surface area contributed by atoms with Crippen molar-refractivity contribution in [3.63, 3.8) is 0 Å². The number of aromatic nitrogens is 2. The average Bonchev–Trinajstić information content (AvgIpc) is 2.82. The molecule has 7 nitrogen and oxygen atoms in total. The predicted octanol–water partition coefficient (Wildman–Crippen LogP) is 4.62. The molecule has 1 aromatic heterocycles. The monoisotopic (exact) mass is 485 g/mol. The summed E-state index contributed by atoms with van der Waals surface area (Å²) in [4.78, 5) is 25.0. The standard InChI is InChI=1S/C25H26F3N5O2/c1-13(17-5-4-6-18(23(17)26)24(27)28)29-25-19-9-21-22(10-20(19)30-14(2)31-25)35-12-16-11-32(15(3)34)7-8-33(16)21/h4-6,9-10,13,16,24H,7-8,11-12H2,1-3H3,(H,29,30,31)/t13-,16+/m1/s1. The molecule has 2 atom stereocenters. The van der Waals surface area contributed by atoms with Crippen LogP contribution in [-0.2, 0) is 4.79 Å². The van der Waals surface area contributed by atoms with Gasteiger partial charge in [0.1, 0.15) is 29.8 Å². The first-order valence-corrected chi connectivity index (χ1v) is 11.5. The Bertz CT molecular complexity index is 1300. The normalized spacial score (nSPS) is 18.2. The number of hydrogen-bond acceptors (Lipinski definition) is 6. The van der Waals surface area contributed by atoms with Gasteiger partial charge in [-0.2, -0.15) is 0 Å². The summed E-state index contributed by atoms with van der Waals surface area (Å²) in [6.45, 7) is 7.37. The van der Waals surface area contributed by atoms with E-state index >= 15 is 0 Å². The minimum Gasteiger partial charge on any atom is -0.489 e. The summed E-state index contributed by atoms with van der Waals surface area (Å²) in [5.41, 5.74) is 1.05. The topological polar surface area (TPSA) is 70.6 Å². The molecule has 2 aliphatic heterocycles. The lowest BCUT2D eigenvalue weighted by molar-refractivity contribution is -0.129. The zero-order valence-corrected chi connectivity index (χ0v) is 19.7. The number of fused-ring (bicyclic) bond motifs is 4. The molecule has 5 rings (SSSR count). The Morgan fingerprint density at radius 3 is 2.71 bits per heavy atom. The highest BCUT2D eigenvalue weighted by atomic mass is 19.3. The second-order valence-electron chi connectivity index (χ2n) is 9.00. The molecule has 1 N–H and O–H groups in total. The highest BCUT2D eigenvalue weighted by Crippen LogP contribution is 2.40. The van der Waals surface area contributed by atoms with E-state index in [9.17, 15) is 18.0 Å². The van der Waals surface area contributed by atoms with E-state index in [1.54, 1.807) is 20.8 Å². The third kappa shape index (κ3) is 4.21. The van der Waals surface area contributed by atoms with E-state index in [0.29, 0.717) is 54.5 Å². The fraction of sp³-hybridized carbons (Fsp3) is 0.400. The van der Waals surface area contributed by atoms with Gasteiger partial charge in [-0.15, -0.1) is 0 Å². The second-order valence-corrected chi connectivity index (χ2v) is 9.00. The van der Waals surface area contributed by atoms with Crippen LogP contribution in [0.15, 0.2) is 30.3 Å². The molecule has 0 saturated carbocycles. The maximum absolute atomic E-state index is 14.8. The number of aryl methyl sites for hydroxylation is 1. The lowest BCUT2D eigenvalue weighted by Crippen LogP contribution is -2.58. The number of ether oxygens (including phenoxy) is 1. The highest BCUT2D eigenvalue weighted by Gasteiger charge is 2.34. The summed E-state index contributed by atoms with van der Waals surface area (Å²) in [6.07, 6.45) is -2.90. The van der Waals surface area contributed by atoms with Gasteiger partial charge in [0.2, 0.25) is 5.91 Å². The number of anilines is 2. The fourth-order valence-electron chi connectivity index (χ4n) is 4.85. The molecule has 184 valence electrons. The van der Waals surface area contributed by atoms with Gasteiger partial charge in [0, 0.05) is 43.6 Å². The van der Waals surface area contributed by atoms with Crippen LogP contribution >= 0.6 is 0 Å². The Labute approximate surface area is 200 Å². The van der Waals surface area contributed by atoms with Crippen molar-refractivity contribution in [3.8, 4) is 5.75 Å². The number of benzene rings is 2. The first-order valence-electron chi connectivity index (χ1n) is 11.5. The molecule has 3 heterocycles. The quantitative estimate of drug-likeness (QED) is 0.582. The third-order valence-corrected chi connectivity index (χ3v) is 6.67. The zero-order chi connectivity index (χ0) is 24.9. The van der Waals surface area contributed by atoms with E-state index in [2.05, 4.69) is 20.2 Å². The van der Waals surface area contributed by atoms with Gasteiger partial charge in [0.05, 0.1) is 28.9 Å². The van der Waals surface area contributed by atoms with Crippen LogP contribution in [0, 0.1) is 12.7 Å². The van der Waals surface area contributed by atoms with Crippen molar-refractivity contribution in [1.82, 2.24) is 14.9 Å². The van der Waals surface area contributed by atoms with Gasteiger partial charge < -0.3 is 19.9 Å². The summed E-state index contributed by atoms with van der Waals surface area (Å²) in [5, 5.41) is 3.91. The molecule has 3 aromatic rings. The van der Waals surface area contributed by atoms with Crippen LogP contribution in [0.1, 0.15) is 43.3 Å². The number of carbonyl (C=O) groups excluding carboxylic acids is 1. The van der Waals surface area contributed by atoms with Crippen LogP contribution in [0.5, 0.6) is 5.75 Å². The Hall–Kier alpha value is -3.56.